The fraction of sp³-hybridized carbons (Fsp3) is 0.222. The molecule has 0 heterocycles. The van der Waals surface area contributed by atoms with Crippen LogP contribution in [0.2, 0.25) is 0 Å². The lowest BCUT2D eigenvalue weighted by Crippen LogP contribution is -2.00. The van der Waals surface area contributed by atoms with Crippen molar-refractivity contribution in [3.8, 4) is 6.07 Å². The Hall–Kier alpha value is -1.96. The van der Waals surface area contributed by atoms with Crippen molar-refractivity contribution in [1.29, 1.82) is 5.26 Å². The molecule has 0 saturated heterocycles. The number of halogens is 1. The highest BCUT2D eigenvalue weighted by Gasteiger charge is 2.21. The van der Waals surface area contributed by atoms with Crippen LogP contribution in [0.15, 0.2) is 12.1 Å². The Bertz CT molecular complexity index is 424. The molecule has 0 spiro atoms. The molecule has 14 heavy (non-hydrogen) atoms. The van der Waals surface area contributed by atoms with Crippen LogP contribution in [-0.4, -0.2) is 4.92 Å². The molecule has 0 aliphatic heterocycles. The van der Waals surface area contributed by atoms with Gasteiger partial charge in [-0.05, 0) is 12.5 Å². The quantitative estimate of drug-likeness (QED) is 0.534. The molecular weight excluding hydrogens is 187 g/mol. The molecule has 5 heteroatoms. The lowest BCUT2D eigenvalue weighted by molar-refractivity contribution is -0.388. The summed E-state index contributed by atoms with van der Waals surface area (Å²) in [6.07, 6.45) is -0.159. The number of nitriles is 1. The number of hydrogen-bond donors (Lipinski definition) is 0. The molecule has 0 saturated carbocycles. The molecule has 4 nitrogen and oxygen atoms in total. The van der Waals surface area contributed by atoms with Gasteiger partial charge in [0.1, 0.15) is 0 Å². The zero-order valence-electron chi connectivity index (χ0n) is 7.45. The summed E-state index contributed by atoms with van der Waals surface area (Å²) in [6, 6.07) is 4.58. The number of aryl methyl sites for hydroxylation is 1. The van der Waals surface area contributed by atoms with Gasteiger partial charge in [-0.15, -0.1) is 0 Å². The molecule has 0 aromatic heterocycles. The Labute approximate surface area is 79.7 Å². The van der Waals surface area contributed by atoms with Crippen molar-refractivity contribution in [2.45, 2.75) is 13.3 Å². The summed E-state index contributed by atoms with van der Waals surface area (Å²) in [7, 11) is 0. The first-order valence-corrected chi connectivity index (χ1v) is 3.87. The highest BCUT2D eigenvalue weighted by molar-refractivity contribution is 5.45. The van der Waals surface area contributed by atoms with Crippen molar-refractivity contribution >= 4 is 5.69 Å². The smallest absolute Gasteiger partial charge is 0.258 e. The van der Waals surface area contributed by atoms with E-state index >= 15 is 0 Å². The summed E-state index contributed by atoms with van der Waals surface area (Å²) in [5.41, 5.74) is -0.273. The minimum absolute atomic E-state index is 0.112. The van der Waals surface area contributed by atoms with E-state index in [-0.39, 0.29) is 17.5 Å². The molecule has 0 aliphatic carbocycles. The third-order valence-corrected chi connectivity index (χ3v) is 1.84. The summed E-state index contributed by atoms with van der Waals surface area (Å²) in [5.74, 6) is -0.859. The topological polar surface area (TPSA) is 66.9 Å². The number of hydrogen-bond acceptors (Lipinski definition) is 3. The fourth-order valence-electron chi connectivity index (χ4n) is 1.13. The molecule has 0 aliphatic rings. The highest BCUT2D eigenvalue weighted by Crippen LogP contribution is 2.25. The van der Waals surface area contributed by atoms with Crippen LogP contribution in [0, 0.1) is 34.2 Å². The molecule has 0 atom stereocenters. The second-order valence-electron chi connectivity index (χ2n) is 2.80. The number of rotatable bonds is 2. The fourth-order valence-corrected chi connectivity index (χ4v) is 1.13. The molecule has 0 fully saturated rings. The SMILES string of the molecule is Cc1ccc(CC#N)c([N+](=O)[O-])c1F. The minimum atomic E-state index is -0.859. The van der Waals surface area contributed by atoms with E-state index in [4.69, 9.17) is 5.26 Å². The summed E-state index contributed by atoms with van der Waals surface area (Å²) >= 11 is 0. The van der Waals surface area contributed by atoms with Gasteiger partial charge in [0.15, 0.2) is 0 Å². The van der Waals surface area contributed by atoms with Gasteiger partial charge in [-0.3, -0.25) is 10.1 Å². The lowest BCUT2D eigenvalue weighted by Gasteiger charge is -2.01. The molecule has 72 valence electrons. The van der Waals surface area contributed by atoms with Gasteiger partial charge in [0.25, 0.3) is 0 Å². The van der Waals surface area contributed by atoms with Crippen LogP contribution in [0.3, 0.4) is 0 Å². The number of nitro benzene ring substituents is 1. The second kappa shape index (κ2) is 3.83. The zero-order chi connectivity index (χ0) is 10.7. The van der Waals surface area contributed by atoms with E-state index in [1.807, 2.05) is 0 Å². The average Bonchev–Trinajstić information content (AvgIpc) is 2.11. The van der Waals surface area contributed by atoms with Gasteiger partial charge >= 0.3 is 5.69 Å². The van der Waals surface area contributed by atoms with Crippen molar-refractivity contribution in [2.24, 2.45) is 0 Å². The maximum absolute atomic E-state index is 13.3. The number of nitro groups is 1. The zero-order valence-corrected chi connectivity index (χ0v) is 7.45. The van der Waals surface area contributed by atoms with Crippen LogP contribution >= 0.6 is 0 Å². The van der Waals surface area contributed by atoms with Gasteiger partial charge in [-0.2, -0.15) is 9.65 Å². The molecular formula is C9H7FN2O2. The molecule has 0 N–H and O–H groups in total. The van der Waals surface area contributed by atoms with E-state index in [0.717, 1.165) is 0 Å². The van der Waals surface area contributed by atoms with E-state index in [2.05, 4.69) is 0 Å². The molecule has 0 radical (unpaired) electrons. The van der Waals surface area contributed by atoms with E-state index in [0.29, 0.717) is 0 Å². The van der Waals surface area contributed by atoms with Crippen LogP contribution in [0.5, 0.6) is 0 Å². The minimum Gasteiger partial charge on any atom is -0.258 e. The predicted molar refractivity (Wildman–Crippen MR) is 47.1 cm³/mol. The first-order chi connectivity index (χ1) is 6.57. The molecule has 0 amide bonds. The molecule has 1 rings (SSSR count). The van der Waals surface area contributed by atoms with Gasteiger partial charge in [-0.1, -0.05) is 12.1 Å². The van der Waals surface area contributed by atoms with Crippen LogP contribution in [0.1, 0.15) is 11.1 Å². The second-order valence-corrected chi connectivity index (χ2v) is 2.80. The van der Waals surface area contributed by atoms with Crippen molar-refractivity contribution in [2.75, 3.05) is 0 Å². The van der Waals surface area contributed by atoms with E-state index < -0.39 is 16.4 Å². The number of benzene rings is 1. The van der Waals surface area contributed by atoms with Crippen molar-refractivity contribution < 1.29 is 9.31 Å². The predicted octanol–water partition coefficient (Wildman–Crippen LogP) is 2.11. The Morgan fingerprint density at radius 1 is 1.64 bits per heavy atom. The van der Waals surface area contributed by atoms with Gasteiger partial charge in [0, 0.05) is 5.56 Å². The van der Waals surface area contributed by atoms with E-state index in [9.17, 15) is 14.5 Å². The van der Waals surface area contributed by atoms with Crippen LogP contribution in [-0.2, 0) is 6.42 Å². The van der Waals surface area contributed by atoms with E-state index in [1.165, 1.54) is 19.1 Å². The molecule has 1 aromatic rings. The maximum Gasteiger partial charge on any atom is 0.309 e. The highest BCUT2D eigenvalue weighted by atomic mass is 19.1. The third kappa shape index (κ3) is 1.69. The third-order valence-electron chi connectivity index (χ3n) is 1.84. The summed E-state index contributed by atoms with van der Waals surface area (Å²) < 4.78 is 13.3. The van der Waals surface area contributed by atoms with Gasteiger partial charge in [-0.25, -0.2) is 0 Å². The van der Waals surface area contributed by atoms with E-state index in [1.54, 1.807) is 6.07 Å². The normalized spacial score (nSPS) is 9.50. The van der Waals surface area contributed by atoms with Crippen molar-refractivity contribution in [3.05, 3.63) is 39.2 Å². The monoisotopic (exact) mass is 194 g/mol. The van der Waals surface area contributed by atoms with Gasteiger partial charge in [0.05, 0.1) is 17.4 Å². The number of nitrogens with zero attached hydrogens (tertiary/aromatic N) is 2. The molecule has 1 aromatic carbocycles. The van der Waals surface area contributed by atoms with Gasteiger partial charge < -0.3 is 0 Å². The summed E-state index contributed by atoms with van der Waals surface area (Å²) in [6.45, 7) is 1.44. The Kier molecular flexibility index (Phi) is 2.77. The Morgan fingerprint density at radius 2 is 2.29 bits per heavy atom. The van der Waals surface area contributed by atoms with Crippen molar-refractivity contribution in [3.63, 3.8) is 0 Å². The Balaban J connectivity index is 3.39. The van der Waals surface area contributed by atoms with Crippen LogP contribution in [0.4, 0.5) is 10.1 Å². The van der Waals surface area contributed by atoms with Gasteiger partial charge in [0.2, 0.25) is 5.82 Å². The summed E-state index contributed by atoms with van der Waals surface area (Å²) in [4.78, 5) is 9.73. The average molecular weight is 194 g/mol. The Morgan fingerprint density at radius 3 is 2.79 bits per heavy atom. The largest absolute Gasteiger partial charge is 0.309 e. The first-order valence-electron chi connectivity index (χ1n) is 3.87. The van der Waals surface area contributed by atoms with Crippen molar-refractivity contribution in [1.82, 2.24) is 0 Å². The molecule has 0 unspecified atom stereocenters. The summed E-state index contributed by atoms with van der Waals surface area (Å²) in [5, 5.41) is 18.9. The standard InChI is InChI=1S/C9H7FN2O2/c1-6-2-3-7(4-5-11)9(8(6)10)12(13)14/h2-3H,4H2,1H3. The van der Waals surface area contributed by atoms with Crippen LogP contribution < -0.4 is 0 Å². The molecule has 0 bridgehead atoms. The lowest BCUT2D eigenvalue weighted by atomic mass is 10.1. The first kappa shape index (κ1) is 10.1. The maximum atomic E-state index is 13.3. The van der Waals surface area contributed by atoms with Crippen LogP contribution in [0.25, 0.3) is 0 Å².